The van der Waals surface area contributed by atoms with E-state index in [4.69, 9.17) is 11.5 Å². The van der Waals surface area contributed by atoms with Gasteiger partial charge < -0.3 is 9.84 Å². The highest BCUT2D eigenvalue weighted by Crippen LogP contribution is 2.23. The maximum atomic E-state index is 10.00. The second-order valence-corrected chi connectivity index (χ2v) is 2.68. The summed E-state index contributed by atoms with van der Waals surface area (Å²) in [7, 11) is 0. The van der Waals surface area contributed by atoms with Gasteiger partial charge in [-0.25, -0.2) is 4.79 Å². The van der Waals surface area contributed by atoms with Crippen LogP contribution >= 0.6 is 11.3 Å². The average Bonchev–Trinajstić information content (AvgIpc) is 2.34. The summed E-state index contributed by atoms with van der Waals surface area (Å²) >= 11 is 1.12. The molecule has 3 nitrogen and oxygen atoms in total. The van der Waals surface area contributed by atoms with Crippen LogP contribution in [0.25, 0.3) is 0 Å². The molecular weight excluding hydrogens is 164 g/mol. The summed E-state index contributed by atoms with van der Waals surface area (Å²) < 4.78 is 4.34. The van der Waals surface area contributed by atoms with E-state index in [-0.39, 0.29) is 0 Å². The molecule has 4 heteroatoms. The van der Waals surface area contributed by atoms with Crippen molar-refractivity contribution in [2.45, 2.75) is 0 Å². The molecule has 0 radical (unpaired) electrons. The van der Waals surface area contributed by atoms with Crippen LogP contribution in [0.3, 0.4) is 0 Å². The summed E-state index contributed by atoms with van der Waals surface area (Å²) in [4.78, 5) is 10.7. The van der Waals surface area contributed by atoms with E-state index in [0.29, 0.717) is 9.94 Å². The van der Waals surface area contributed by atoms with Gasteiger partial charge in [0.1, 0.15) is 0 Å². The summed E-state index contributed by atoms with van der Waals surface area (Å²) in [5.74, 6) is 2.37. The maximum Gasteiger partial charge on any atom is 0.512 e. The normalized spacial score (nSPS) is 8.64. The van der Waals surface area contributed by atoms with Crippen LogP contribution in [-0.2, 0) is 0 Å². The lowest BCUT2D eigenvalue weighted by Crippen LogP contribution is -2.00. The Labute approximate surface area is 67.2 Å². The molecule has 56 valence electrons. The summed E-state index contributed by atoms with van der Waals surface area (Å²) in [6.07, 6.45) is 3.73. The Morgan fingerprint density at radius 3 is 2.91 bits per heavy atom. The van der Waals surface area contributed by atoms with Crippen molar-refractivity contribution in [3.8, 4) is 17.4 Å². The molecule has 0 saturated heterocycles. The first-order valence-corrected chi connectivity index (χ1v) is 3.51. The van der Waals surface area contributed by atoms with Gasteiger partial charge in [0.05, 0.1) is 4.88 Å². The zero-order valence-corrected chi connectivity index (χ0v) is 6.22. The van der Waals surface area contributed by atoms with Gasteiger partial charge in [-0.1, -0.05) is 17.3 Å². The van der Waals surface area contributed by atoms with E-state index in [9.17, 15) is 4.79 Å². The summed E-state index contributed by atoms with van der Waals surface area (Å²) in [5.41, 5.74) is 0. The van der Waals surface area contributed by atoms with Gasteiger partial charge in [-0.3, -0.25) is 0 Å². The van der Waals surface area contributed by atoms with Crippen molar-refractivity contribution < 1.29 is 14.6 Å². The van der Waals surface area contributed by atoms with E-state index >= 15 is 0 Å². The Kier molecular flexibility index (Phi) is 2.14. The van der Waals surface area contributed by atoms with Crippen LogP contribution in [0.1, 0.15) is 4.88 Å². The molecule has 0 atom stereocenters. The zero-order chi connectivity index (χ0) is 8.27. The molecule has 0 unspecified atom stereocenters. The van der Waals surface area contributed by atoms with Gasteiger partial charge in [-0.15, -0.1) is 6.42 Å². The molecule has 0 aliphatic carbocycles. The van der Waals surface area contributed by atoms with Crippen molar-refractivity contribution in [2.24, 2.45) is 0 Å². The lowest BCUT2D eigenvalue weighted by Gasteiger charge is -1.90. The molecular formula is C7H4O3S. The predicted octanol–water partition coefficient (Wildman–Crippen LogP) is 1.79. The van der Waals surface area contributed by atoms with Crippen LogP contribution in [0.5, 0.6) is 5.06 Å². The molecule has 0 bridgehead atoms. The van der Waals surface area contributed by atoms with Crippen LogP contribution < -0.4 is 4.74 Å². The standard InChI is InChI=1S/C7H4O3S/c1-2-5-3-4-6(11-5)10-7(8)9/h1,3-4H,(H,8,9). The molecule has 0 fully saturated rings. The fourth-order valence-corrected chi connectivity index (χ4v) is 1.20. The van der Waals surface area contributed by atoms with E-state index < -0.39 is 6.16 Å². The van der Waals surface area contributed by atoms with Gasteiger partial charge in [0, 0.05) is 0 Å². The topological polar surface area (TPSA) is 46.5 Å². The molecule has 11 heavy (non-hydrogen) atoms. The van der Waals surface area contributed by atoms with Crippen molar-refractivity contribution >= 4 is 17.5 Å². The molecule has 1 heterocycles. The fourth-order valence-electron chi connectivity index (χ4n) is 0.539. The van der Waals surface area contributed by atoms with Crippen molar-refractivity contribution in [3.63, 3.8) is 0 Å². The number of ether oxygens (including phenoxy) is 1. The average molecular weight is 168 g/mol. The minimum Gasteiger partial charge on any atom is -0.449 e. The highest BCUT2D eigenvalue weighted by molar-refractivity contribution is 7.14. The monoisotopic (exact) mass is 168 g/mol. The smallest absolute Gasteiger partial charge is 0.449 e. The number of carbonyl (C=O) groups is 1. The van der Waals surface area contributed by atoms with Crippen LogP contribution in [0, 0.1) is 12.3 Å². The van der Waals surface area contributed by atoms with Gasteiger partial charge in [0.15, 0.2) is 5.06 Å². The fraction of sp³-hybridized carbons (Fsp3) is 0. The van der Waals surface area contributed by atoms with Crippen LogP contribution in [0.2, 0.25) is 0 Å². The lowest BCUT2D eigenvalue weighted by atomic mass is 10.5. The molecule has 1 N–H and O–H groups in total. The van der Waals surface area contributed by atoms with Crippen molar-refractivity contribution in [1.29, 1.82) is 0 Å². The molecule has 0 aromatic carbocycles. The SMILES string of the molecule is C#Cc1ccc(OC(=O)O)s1. The largest absolute Gasteiger partial charge is 0.512 e. The lowest BCUT2D eigenvalue weighted by molar-refractivity contribution is 0.146. The van der Waals surface area contributed by atoms with E-state index in [1.54, 1.807) is 6.07 Å². The Morgan fingerprint density at radius 1 is 1.73 bits per heavy atom. The highest BCUT2D eigenvalue weighted by Gasteiger charge is 2.02. The first-order chi connectivity index (χ1) is 5.22. The Bertz CT molecular complexity index is 308. The third-order valence-electron chi connectivity index (χ3n) is 0.912. The molecule has 0 aliphatic rings. The summed E-state index contributed by atoms with van der Waals surface area (Å²) in [5, 5.41) is 8.48. The zero-order valence-electron chi connectivity index (χ0n) is 5.40. The molecule has 1 aromatic heterocycles. The minimum atomic E-state index is -1.32. The first kappa shape index (κ1) is 7.63. The molecule has 0 aliphatic heterocycles. The molecule has 0 saturated carbocycles. The Hall–Kier alpha value is -1.47. The van der Waals surface area contributed by atoms with E-state index in [2.05, 4.69) is 10.7 Å². The van der Waals surface area contributed by atoms with E-state index in [1.165, 1.54) is 6.07 Å². The summed E-state index contributed by atoms with van der Waals surface area (Å²) in [6.45, 7) is 0. The Balaban J connectivity index is 2.75. The van der Waals surface area contributed by atoms with Gasteiger partial charge in [0.25, 0.3) is 0 Å². The van der Waals surface area contributed by atoms with Crippen molar-refractivity contribution in [1.82, 2.24) is 0 Å². The van der Waals surface area contributed by atoms with Crippen molar-refractivity contribution in [3.05, 3.63) is 17.0 Å². The molecule has 0 spiro atoms. The number of terminal acetylenes is 1. The van der Waals surface area contributed by atoms with Crippen LogP contribution in [-0.4, -0.2) is 11.3 Å². The molecule has 1 rings (SSSR count). The highest BCUT2D eigenvalue weighted by atomic mass is 32.1. The van der Waals surface area contributed by atoms with E-state index in [0.717, 1.165) is 11.3 Å². The van der Waals surface area contributed by atoms with Gasteiger partial charge in [0.2, 0.25) is 0 Å². The third-order valence-corrected chi connectivity index (χ3v) is 1.81. The van der Waals surface area contributed by atoms with Crippen LogP contribution in [0.4, 0.5) is 4.79 Å². The third kappa shape index (κ3) is 1.99. The Morgan fingerprint density at radius 2 is 2.45 bits per heavy atom. The second kappa shape index (κ2) is 3.08. The maximum absolute atomic E-state index is 10.00. The minimum absolute atomic E-state index is 0.297. The summed E-state index contributed by atoms with van der Waals surface area (Å²) in [6, 6.07) is 3.15. The quantitative estimate of drug-likeness (QED) is 0.513. The number of hydrogen-bond donors (Lipinski definition) is 1. The first-order valence-electron chi connectivity index (χ1n) is 2.69. The van der Waals surface area contributed by atoms with Crippen LogP contribution in [0.15, 0.2) is 12.1 Å². The molecule has 0 amide bonds. The number of hydrogen-bond acceptors (Lipinski definition) is 3. The number of thiophene rings is 1. The van der Waals surface area contributed by atoms with Gasteiger partial charge in [-0.2, -0.15) is 0 Å². The van der Waals surface area contributed by atoms with Crippen molar-refractivity contribution in [2.75, 3.05) is 0 Å². The molecule has 1 aromatic rings. The predicted molar refractivity (Wildman–Crippen MR) is 40.9 cm³/mol. The number of rotatable bonds is 1. The second-order valence-electron chi connectivity index (χ2n) is 1.63. The van der Waals surface area contributed by atoms with Gasteiger partial charge in [-0.05, 0) is 12.1 Å². The van der Waals surface area contributed by atoms with E-state index in [1.807, 2.05) is 0 Å². The van der Waals surface area contributed by atoms with Gasteiger partial charge >= 0.3 is 6.16 Å². The number of carboxylic acid groups (broad SMARTS) is 1.